The van der Waals surface area contributed by atoms with Crippen molar-refractivity contribution in [1.29, 1.82) is 5.26 Å². The molecule has 0 radical (unpaired) electrons. The minimum absolute atomic E-state index is 0.340. The maximum atomic E-state index is 13.9. The van der Waals surface area contributed by atoms with Gasteiger partial charge in [-0.25, -0.2) is 9.37 Å². The number of aromatic nitrogens is 2. The molecule has 2 aromatic rings. The van der Waals surface area contributed by atoms with Crippen LogP contribution in [0.2, 0.25) is 0 Å². The Bertz CT molecular complexity index is 652. The molecule has 0 aliphatic heterocycles. The van der Waals surface area contributed by atoms with Gasteiger partial charge in [0, 0.05) is 24.0 Å². The summed E-state index contributed by atoms with van der Waals surface area (Å²) in [6, 6.07) is 7.12. The highest BCUT2D eigenvalue weighted by atomic mass is 19.1. The van der Waals surface area contributed by atoms with Gasteiger partial charge in [0.2, 0.25) is 0 Å². The molecule has 1 aromatic carbocycles. The molecule has 102 valence electrons. The summed E-state index contributed by atoms with van der Waals surface area (Å²) in [6.07, 6.45) is 6.03. The topological polar surface area (TPSA) is 53.6 Å². The number of imidazole rings is 1. The lowest BCUT2D eigenvalue weighted by Gasteiger charge is -2.09. The first-order chi connectivity index (χ1) is 9.76. The maximum absolute atomic E-state index is 13.9. The van der Waals surface area contributed by atoms with Crippen LogP contribution in [0.15, 0.2) is 30.6 Å². The number of rotatable bonds is 5. The van der Waals surface area contributed by atoms with Gasteiger partial charge in [0.1, 0.15) is 11.6 Å². The minimum atomic E-state index is -0.348. The molecule has 5 heteroatoms. The highest BCUT2D eigenvalue weighted by molar-refractivity contribution is 5.33. The van der Waals surface area contributed by atoms with Gasteiger partial charge >= 0.3 is 0 Å². The first-order valence-corrected chi connectivity index (χ1v) is 6.68. The lowest BCUT2D eigenvalue weighted by Crippen LogP contribution is -2.19. The Morgan fingerprint density at radius 3 is 3.00 bits per heavy atom. The zero-order chi connectivity index (χ0) is 13.9. The summed E-state index contributed by atoms with van der Waals surface area (Å²) in [5, 5.41) is 12.1. The second-order valence-corrected chi connectivity index (χ2v) is 5.04. The Hall–Kier alpha value is -2.19. The van der Waals surface area contributed by atoms with E-state index in [1.807, 2.05) is 16.8 Å². The van der Waals surface area contributed by atoms with Gasteiger partial charge in [-0.15, -0.1) is 0 Å². The van der Waals surface area contributed by atoms with Gasteiger partial charge < -0.3 is 9.88 Å². The van der Waals surface area contributed by atoms with E-state index in [9.17, 15) is 4.39 Å². The van der Waals surface area contributed by atoms with Crippen LogP contribution in [0, 0.1) is 17.1 Å². The van der Waals surface area contributed by atoms with Crippen LogP contribution in [0.3, 0.4) is 0 Å². The second kappa shape index (κ2) is 5.43. The standard InChI is InChI=1S/C15H15FN4/c16-14-7-11(8-17)1-2-12(14)10-20-6-5-18-15(20)9-19-13-3-4-13/h1-2,5-7,13,19H,3-4,9-10H2. The van der Waals surface area contributed by atoms with Gasteiger partial charge in [0.05, 0.1) is 24.7 Å². The third-order valence-electron chi connectivity index (χ3n) is 3.45. The van der Waals surface area contributed by atoms with Crippen molar-refractivity contribution < 1.29 is 4.39 Å². The fourth-order valence-electron chi connectivity index (χ4n) is 2.10. The van der Waals surface area contributed by atoms with Crippen LogP contribution in [-0.4, -0.2) is 15.6 Å². The SMILES string of the molecule is N#Cc1ccc(Cn2ccnc2CNC2CC2)c(F)c1. The smallest absolute Gasteiger partial charge is 0.129 e. The van der Waals surface area contributed by atoms with Crippen molar-refractivity contribution in [3.8, 4) is 6.07 Å². The van der Waals surface area contributed by atoms with Crippen LogP contribution in [0.25, 0.3) is 0 Å². The Labute approximate surface area is 116 Å². The molecule has 20 heavy (non-hydrogen) atoms. The quantitative estimate of drug-likeness (QED) is 0.906. The van der Waals surface area contributed by atoms with E-state index in [2.05, 4.69) is 10.3 Å². The highest BCUT2D eigenvalue weighted by Gasteiger charge is 2.20. The molecule has 1 heterocycles. The maximum Gasteiger partial charge on any atom is 0.129 e. The molecule has 1 aliphatic rings. The van der Waals surface area contributed by atoms with Gasteiger partial charge in [0.25, 0.3) is 0 Å². The zero-order valence-corrected chi connectivity index (χ0v) is 11.0. The van der Waals surface area contributed by atoms with Crippen molar-refractivity contribution in [2.45, 2.75) is 32.0 Å². The fraction of sp³-hybridized carbons (Fsp3) is 0.333. The molecule has 0 saturated heterocycles. The van der Waals surface area contributed by atoms with Crippen molar-refractivity contribution >= 4 is 0 Å². The van der Waals surface area contributed by atoms with Crippen LogP contribution >= 0.6 is 0 Å². The molecular formula is C15H15FN4. The van der Waals surface area contributed by atoms with Crippen molar-refractivity contribution in [3.63, 3.8) is 0 Å². The lowest BCUT2D eigenvalue weighted by atomic mass is 10.1. The van der Waals surface area contributed by atoms with Crippen molar-refractivity contribution in [1.82, 2.24) is 14.9 Å². The summed E-state index contributed by atoms with van der Waals surface area (Å²) in [4.78, 5) is 4.30. The highest BCUT2D eigenvalue weighted by Crippen LogP contribution is 2.19. The first kappa shape index (κ1) is 12.8. The third kappa shape index (κ3) is 2.86. The van der Waals surface area contributed by atoms with Crippen LogP contribution in [0.4, 0.5) is 4.39 Å². The normalized spacial score (nSPS) is 14.2. The average Bonchev–Trinajstić information content (AvgIpc) is 3.18. The summed E-state index contributed by atoms with van der Waals surface area (Å²) in [5.74, 6) is 0.555. The van der Waals surface area contributed by atoms with Crippen molar-refractivity contribution in [3.05, 3.63) is 53.4 Å². The molecule has 4 nitrogen and oxygen atoms in total. The molecule has 3 rings (SSSR count). The first-order valence-electron chi connectivity index (χ1n) is 6.68. The van der Waals surface area contributed by atoms with E-state index < -0.39 is 0 Å². The molecular weight excluding hydrogens is 255 g/mol. The van der Waals surface area contributed by atoms with E-state index in [0.717, 1.165) is 5.82 Å². The molecule has 1 N–H and O–H groups in total. The van der Waals surface area contributed by atoms with Crippen molar-refractivity contribution in [2.24, 2.45) is 0 Å². The fourth-order valence-corrected chi connectivity index (χ4v) is 2.10. The molecule has 0 unspecified atom stereocenters. The van der Waals surface area contributed by atoms with Crippen molar-refractivity contribution in [2.75, 3.05) is 0 Å². The van der Waals surface area contributed by atoms with E-state index >= 15 is 0 Å². The molecule has 1 aromatic heterocycles. The average molecular weight is 270 g/mol. The summed E-state index contributed by atoms with van der Waals surface area (Å²) in [6.45, 7) is 1.13. The van der Waals surface area contributed by atoms with Crippen LogP contribution in [-0.2, 0) is 13.1 Å². The predicted molar refractivity (Wildman–Crippen MR) is 72.3 cm³/mol. The number of nitrogens with zero attached hydrogens (tertiary/aromatic N) is 3. The summed E-state index contributed by atoms with van der Waals surface area (Å²) in [5.41, 5.74) is 0.905. The number of hydrogen-bond acceptors (Lipinski definition) is 3. The number of nitriles is 1. The Kier molecular flexibility index (Phi) is 3.48. The van der Waals surface area contributed by atoms with E-state index in [1.165, 1.54) is 18.9 Å². The predicted octanol–water partition coefficient (Wildman–Crippen LogP) is 2.19. The van der Waals surface area contributed by atoms with Crippen LogP contribution in [0.1, 0.15) is 29.8 Å². The monoisotopic (exact) mass is 270 g/mol. The van der Waals surface area contributed by atoms with E-state index in [0.29, 0.717) is 30.3 Å². The molecule has 0 bridgehead atoms. The molecule has 1 saturated carbocycles. The van der Waals surface area contributed by atoms with Gasteiger partial charge in [-0.3, -0.25) is 0 Å². The number of nitrogens with one attached hydrogen (secondary N) is 1. The van der Waals surface area contributed by atoms with Crippen LogP contribution in [0.5, 0.6) is 0 Å². The largest absolute Gasteiger partial charge is 0.329 e. The number of hydrogen-bond donors (Lipinski definition) is 1. The summed E-state index contributed by atoms with van der Waals surface area (Å²) >= 11 is 0. The van der Waals surface area contributed by atoms with E-state index in [1.54, 1.807) is 18.3 Å². The van der Waals surface area contributed by atoms with E-state index in [4.69, 9.17) is 5.26 Å². The van der Waals surface area contributed by atoms with Gasteiger partial charge in [-0.1, -0.05) is 6.07 Å². The molecule has 0 atom stereocenters. The lowest BCUT2D eigenvalue weighted by molar-refractivity contribution is 0.581. The second-order valence-electron chi connectivity index (χ2n) is 5.04. The Morgan fingerprint density at radius 1 is 1.45 bits per heavy atom. The van der Waals surface area contributed by atoms with E-state index in [-0.39, 0.29) is 5.82 Å². The minimum Gasteiger partial charge on any atom is -0.329 e. The van der Waals surface area contributed by atoms with Gasteiger partial charge in [0.15, 0.2) is 0 Å². The molecule has 0 spiro atoms. The van der Waals surface area contributed by atoms with Gasteiger partial charge in [-0.05, 0) is 25.0 Å². The Morgan fingerprint density at radius 2 is 2.30 bits per heavy atom. The van der Waals surface area contributed by atoms with Gasteiger partial charge in [-0.2, -0.15) is 5.26 Å². The third-order valence-corrected chi connectivity index (χ3v) is 3.45. The van der Waals surface area contributed by atoms with Crippen LogP contribution < -0.4 is 5.32 Å². The number of halogens is 1. The molecule has 0 amide bonds. The summed E-state index contributed by atoms with van der Waals surface area (Å²) < 4.78 is 15.8. The Balaban J connectivity index is 1.73. The number of benzene rings is 1. The zero-order valence-electron chi connectivity index (χ0n) is 11.0. The molecule has 1 aliphatic carbocycles. The molecule has 1 fully saturated rings. The summed E-state index contributed by atoms with van der Waals surface area (Å²) in [7, 11) is 0.